The quantitative estimate of drug-likeness (QED) is 0.173. The Labute approximate surface area is 317 Å². The van der Waals surface area contributed by atoms with Crippen LogP contribution in [0, 0.1) is 16.2 Å². The second-order valence-corrected chi connectivity index (χ2v) is 16.3. The Kier molecular flexibility index (Phi) is 9.02. The number of hydrogen-bond acceptors (Lipinski definition) is 14. The predicted octanol–water partition coefficient (Wildman–Crippen LogP) is 2.41. The number of nitrogens with two attached hydrogens (primary N) is 1. The van der Waals surface area contributed by atoms with Gasteiger partial charge in [0.2, 0.25) is 0 Å². The molecule has 3 saturated carbocycles. The largest absolute Gasteiger partial charge is 0.456 e. The molecule has 0 unspecified atom stereocenters. The first-order valence-electron chi connectivity index (χ1n) is 18.4. The fraction of sp³-hybridized carbons (Fsp3) is 0.537. The average Bonchev–Trinajstić information content (AvgIpc) is 3.83. The first-order valence-corrected chi connectivity index (χ1v) is 18.4. The molecule has 5 N–H and O–H groups in total. The van der Waals surface area contributed by atoms with Crippen LogP contribution in [-0.2, 0) is 42.9 Å². The molecule has 1 heterocycles. The Hall–Kier alpha value is -4.47. The fourth-order valence-electron chi connectivity index (χ4n) is 10.7. The number of rotatable bonds is 8. The van der Waals surface area contributed by atoms with Crippen molar-refractivity contribution in [3.05, 3.63) is 82.9 Å². The highest BCUT2D eigenvalue weighted by Gasteiger charge is 2.99. The number of carbonyl (C=O) groups excluding carboxylic acids is 5. The highest BCUT2D eigenvalue weighted by molar-refractivity contribution is 5.97. The van der Waals surface area contributed by atoms with Gasteiger partial charge in [0, 0.05) is 38.5 Å². The van der Waals surface area contributed by atoms with Crippen molar-refractivity contribution in [1.82, 2.24) is 0 Å². The van der Waals surface area contributed by atoms with Crippen LogP contribution < -0.4 is 5.73 Å². The SMILES string of the molecule is CC(=O)O[C@H]1C(=O)[C@]2(C)[C@@H](O)C[C@H]3OC[C@@]3(OC(C)=O)[C@]23C[C@@]3(OC(=O)c2ccccc2)[C@]2(O)C[C@H](OC(=O)[C@H](O)[C@@H](N)c3ccccc3)C(C)=C1C2(C)C. The van der Waals surface area contributed by atoms with Crippen LogP contribution in [-0.4, -0.2) is 98.9 Å². The zero-order chi connectivity index (χ0) is 40.1. The number of esters is 4. The lowest BCUT2D eigenvalue weighted by atomic mass is 9.44. The van der Waals surface area contributed by atoms with Crippen molar-refractivity contribution in [2.24, 2.45) is 22.0 Å². The van der Waals surface area contributed by atoms with E-state index in [1.54, 1.807) is 69.3 Å². The van der Waals surface area contributed by atoms with Gasteiger partial charge >= 0.3 is 23.9 Å². The lowest BCUT2D eigenvalue weighted by Gasteiger charge is -2.67. The molecule has 55 heavy (non-hydrogen) atoms. The molecule has 2 aromatic rings. The molecule has 2 bridgehead atoms. The maximum Gasteiger partial charge on any atom is 0.338 e. The number of carbonyl (C=O) groups is 5. The van der Waals surface area contributed by atoms with E-state index in [1.165, 1.54) is 26.0 Å². The second-order valence-electron chi connectivity index (χ2n) is 16.3. The van der Waals surface area contributed by atoms with E-state index < -0.39 is 106 Å². The monoisotopic (exact) mass is 761 g/mol. The molecule has 5 aliphatic rings. The van der Waals surface area contributed by atoms with Gasteiger partial charge in [0.1, 0.15) is 17.8 Å². The third kappa shape index (κ3) is 5.00. The summed E-state index contributed by atoms with van der Waals surface area (Å²) in [4.78, 5) is 69.5. The molecule has 0 aromatic heterocycles. The molecule has 4 aliphatic carbocycles. The van der Waals surface area contributed by atoms with Gasteiger partial charge in [-0.2, -0.15) is 0 Å². The van der Waals surface area contributed by atoms with Crippen LogP contribution in [0.25, 0.3) is 0 Å². The molecule has 0 amide bonds. The van der Waals surface area contributed by atoms with Gasteiger partial charge in [-0.15, -0.1) is 0 Å². The van der Waals surface area contributed by atoms with Crippen LogP contribution in [0.5, 0.6) is 0 Å². The third-order valence-corrected chi connectivity index (χ3v) is 13.5. The number of benzene rings is 2. The lowest BCUT2D eigenvalue weighted by molar-refractivity contribution is -0.349. The minimum absolute atomic E-state index is 0.0543. The molecule has 7 rings (SSSR count). The van der Waals surface area contributed by atoms with E-state index in [4.69, 9.17) is 29.4 Å². The molecule has 2 aromatic carbocycles. The van der Waals surface area contributed by atoms with Crippen molar-refractivity contribution >= 4 is 29.7 Å². The Morgan fingerprint density at radius 1 is 0.927 bits per heavy atom. The summed E-state index contributed by atoms with van der Waals surface area (Å²) in [7, 11) is 0. The van der Waals surface area contributed by atoms with E-state index in [0.717, 1.165) is 6.92 Å². The molecular weight excluding hydrogens is 714 g/mol. The highest BCUT2D eigenvalue weighted by Crippen LogP contribution is 2.85. The Bertz CT molecular complexity index is 1980. The smallest absolute Gasteiger partial charge is 0.338 e. The standard InChI is InChI=1S/C41H47NO13/c1-21-26(53-35(49)31(46)30(42)24-13-9-7-10-14-24)18-40(50)36(4,5)29(21)32(52-22(2)43)33(47)37(6)27(45)17-28-38(20-51-28,54-23(3)44)39(37)19-41(39,40)55-34(48)25-15-11-8-12-16-25/h7-16,26-28,30-32,45-46,50H,17-20,42H2,1-6H3/t26-,27-,28+,30-,31+,32+,37-,38-,39-,40-,41-/m0/s1. The van der Waals surface area contributed by atoms with E-state index in [9.17, 15) is 34.5 Å². The molecule has 4 fully saturated rings. The summed E-state index contributed by atoms with van der Waals surface area (Å²) in [5.41, 5.74) is -4.55. The minimum atomic E-state index is -2.32. The Morgan fingerprint density at radius 2 is 1.55 bits per heavy atom. The first-order chi connectivity index (χ1) is 25.8. The molecular formula is C41H47NO13. The normalized spacial score (nSPS) is 37.9. The third-order valence-electron chi connectivity index (χ3n) is 13.5. The predicted molar refractivity (Wildman–Crippen MR) is 190 cm³/mol. The van der Waals surface area contributed by atoms with Gasteiger partial charge < -0.3 is 44.7 Å². The van der Waals surface area contributed by atoms with E-state index in [-0.39, 0.29) is 36.2 Å². The minimum Gasteiger partial charge on any atom is -0.456 e. The summed E-state index contributed by atoms with van der Waals surface area (Å²) in [5, 5.41) is 37.0. The second kappa shape index (κ2) is 12.8. The topological polar surface area (TPSA) is 218 Å². The maximum absolute atomic E-state index is 15.5. The van der Waals surface area contributed by atoms with Crippen molar-refractivity contribution in [3.8, 4) is 0 Å². The molecule has 11 atom stereocenters. The van der Waals surface area contributed by atoms with Gasteiger partial charge in [0.15, 0.2) is 29.2 Å². The van der Waals surface area contributed by atoms with Crippen LogP contribution in [0.3, 0.4) is 0 Å². The van der Waals surface area contributed by atoms with Crippen LogP contribution in [0.15, 0.2) is 71.8 Å². The molecule has 1 spiro atoms. The Balaban J connectivity index is 1.47. The van der Waals surface area contributed by atoms with Crippen molar-refractivity contribution < 1.29 is 63.0 Å². The molecule has 14 heteroatoms. The molecule has 1 saturated heterocycles. The number of hydrogen-bond donors (Lipinski definition) is 4. The molecule has 1 aliphatic heterocycles. The Morgan fingerprint density at radius 3 is 2.11 bits per heavy atom. The first kappa shape index (κ1) is 38.8. The van der Waals surface area contributed by atoms with Crippen molar-refractivity contribution in [3.63, 3.8) is 0 Å². The summed E-state index contributed by atoms with van der Waals surface area (Å²) >= 11 is 0. The lowest BCUT2D eigenvalue weighted by Crippen LogP contribution is -2.82. The van der Waals surface area contributed by atoms with E-state index in [1.807, 2.05) is 0 Å². The maximum atomic E-state index is 15.5. The average molecular weight is 762 g/mol. The van der Waals surface area contributed by atoms with Gasteiger partial charge in [-0.05, 0) is 42.7 Å². The fourth-order valence-corrected chi connectivity index (χ4v) is 10.7. The molecule has 0 radical (unpaired) electrons. The van der Waals surface area contributed by atoms with Gasteiger partial charge in [-0.25, -0.2) is 9.59 Å². The van der Waals surface area contributed by atoms with Crippen molar-refractivity contribution in [2.45, 2.75) is 114 Å². The van der Waals surface area contributed by atoms with Crippen LogP contribution in [0.4, 0.5) is 0 Å². The zero-order valence-corrected chi connectivity index (χ0v) is 31.6. The number of aliphatic hydroxyl groups is 3. The molecule has 14 nitrogen and oxygen atoms in total. The van der Waals surface area contributed by atoms with E-state index in [2.05, 4.69) is 0 Å². The zero-order valence-electron chi connectivity index (χ0n) is 31.6. The number of Topliss-reactive ketones (excluding diaryl/α,β-unsaturated/α-hetero) is 1. The van der Waals surface area contributed by atoms with E-state index >= 15 is 4.79 Å². The van der Waals surface area contributed by atoms with Gasteiger partial charge in [-0.3, -0.25) is 14.4 Å². The van der Waals surface area contributed by atoms with E-state index in [0.29, 0.717) is 5.56 Å². The van der Waals surface area contributed by atoms with Gasteiger partial charge in [0.25, 0.3) is 0 Å². The number of fused-ring (bicyclic) bond motifs is 4. The van der Waals surface area contributed by atoms with Gasteiger partial charge in [-0.1, -0.05) is 62.4 Å². The van der Waals surface area contributed by atoms with Gasteiger partial charge in [0.05, 0.1) is 35.1 Å². The summed E-state index contributed by atoms with van der Waals surface area (Å²) < 4.78 is 30.5. The highest BCUT2D eigenvalue weighted by atomic mass is 16.6. The van der Waals surface area contributed by atoms with Crippen molar-refractivity contribution in [1.29, 1.82) is 0 Å². The number of ketones is 1. The number of aliphatic hydroxyl groups excluding tert-OH is 2. The summed E-state index contributed by atoms with van der Waals surface area (Å²) in [5.74, 6) is -4.43. The summed E-state index contributed by atoms with van der Waals surface area (Å²) in [6, 6.07) is 15.2. The van der Waals surface area contributed by atoms with Crippen LogP contribution in [0.1, 0.15) is 82.8 Å². The van der Waals surface area contributed by atoms with Crippen LogP contribution in [0.2, 0.25) is 0 Å². The number of ether oxygens (including phenoxy) is 5. The van der Waals surface area contributed by atoms with Crippen LogP contribution >= 0.6 is 0 Å². The molecule has 294 valence electrons. The summed E-state index contributed by atoms with van der Waals surface area (Å²) in [6.45, 7) is 8.25. The van der Waals surface area contributed by atoms with Crippen molar-refractivity contribution in [2.75, 3.05) is 6.61 Å². The summed E-state index contributed by atoms with van der Waals surface area (Å²) in [6.07, 6.45) is -8.49.